The molecular formula is C12H14FN5OS2. The first-order valence-corrected chi connectivity index (χ1v) is 7.71. The van der Waals surface area contributed by atoms with Crippen LogP contribution in [0, 0.1) is 5.82 Å². The molecule has 0 aliphatic rings. The van der Waals surface area contributed by atoms with Crippen LogP contribution in [-0.4, -0.2) is 35.3 Å². The lowest BCUT2D eigenvalue weighted by Gasteiger charge is -2.04. The summed E-state index contributed by atoms with van der Waals surface area (Å²) in [7, 11) is 3.79. The number of aromatic nitrogens is 2. The molecule has 0 atom stereocenters. The first kappa shape index (κ1) is 15.5. The molecule has 1 heterocycles. The van der Waals surface area contributed by atoms with E-state index in [9.17, 15) is 4.39 Å². The van der Waals surface area contributed by atoms with E-state index in [1.807, 2.05) is 19.0 Å². The van der Waals surface area contributed by atoms with Gasteiger partial charge in [0.05, 0.1) is 0 Å². The van der Waals surface area contributed by atoms with Gasteiger partial charge in [-0.05, 0) is 23.8 Å². The molecule has 2 aromatic rings. The highest BCUT2D eigenvalue weighted by atomic mass is 32.2. The van der Waals surface area contributed by atoms with E-state index in [-0.39, 0.29) is 5.84 Å². The monoisotopic (exact) mass is 327 g/mol. The fourth-order valence-electron chi connectivity index (χ4n) is 1.53. The van der Waals surface area contributed by atoms with Crippen molar-refractivity contribution in [3.63, 3.8) is 0 Å². The van der Waals surface area contributed by atoms with Crippen molar-refractivity contribution in [1.29, 1.82) is 0 Å². The van der Waals surface area contributed by atoms with Gasteiger partial charge in [0, 0.05) is 25.4 Å². The van der Waals surface area contributed by atoms with Crippen molar-refractivity contribution in [3.8, 4) is 0 Å². The van der Waals surface area contributed by atoms with Crippen molar-refractivity contribution in [2.45, 2.75) is 10.1 Å². The van der Waals surface area contributed by atoms with Crippen molar-refractivity contribution >= 4 is 34.1 Å². The second-order valence-electron chi connectivity index (χ2n) is 4.37. The van der Waals surface area contributed by atoms with Crippen molar-refractivity contribution in [1.82, 2.24) is 10.2 Å². The van der Waals surface area contributed by atoms with E-state index in [0.717, 1.165) is 15.0 Å². The number of benzene rings is 1. The Bertz CT molecular complexity index is 659. The predicted octanol–water partition coefficient (Wildman–Crippen LogP) is 2.13. The Morgan fingerprint density at radius 2 is 2.19 bits per heavy atom. The molecule has 21 heavy (non-hydrogen) atoms. The second kappa shape index (κ2) is 6.72. The quantitative estimate of drug-likeness (QED) is 0.288. The molecule has 1 aromatic heterocycles. The molecule has 0 amide bonds. The minimum Gasteiger partial charge on any atom is -0.409 e. The number of anilines is 1. The number of nitrogens with zero attached hydrogens (tertiary/aromatic N) is 4. The molecule has 9 heteroatoms. The molecule has 0 aliphatic carbocycles. The van der Waals surface area contributed by atoms with Crippen LogP contribution in [0.1, 0.15) is 11.1 Å². The molecular weight excluding hydrogens is 313 g/mol. The van der Waals surface area contributed by atoms with Gasteiger partial charge in [0.15, 0.2) is 10.2 Å². The highest BCUT2D eigenvalue weighted by molar-refractivity contribution is 8.00. The van der Waals surface area contributed by atoms with Crippen LogP contribution < -0.4 is 10.6 Å². The summed E-state index contributed by atoms with van der Waals surface area (Å²) in [6.07, 6.45) is 0. The van der Waals surface area contributed by atoms with Crippen LogP contribution in [-0.2, 0) is 5.75 Å². The first-order chi connectivity index (χ1) is 9.99. The molecule has 0 saturated carbocycles. The van der Waals surface area contributed by atoms with Crippen molar-refractivity contribution < 1.29 is 9.60 Å². The molecule has 1 aromatic carbocycles. The van der Waals surface area contributed by atoms with E-state index < -0.39 is 5.82 Å². The largest absolute Gasteiger partial charge is 0.409 e. The van der Waals surface area contributed by atoms with Gasteiger partial charge in [-0.15, -0.1) is 10.2 Å². The van der Waals surface area contributed by atoms with E-state index in [1.165, 1.54) is 35.2 Å². The van der Waals surface area contributed by atoms with Crippen LogP contribution in [0.5, 0.6) is 0 Å². The van der Waals surface area contributed by atoms with Gasteiger partial charge < -0.3 is 15.8 Å². The maximum atomic E-state index is 13.5. The van der Waals surface area contributed by atoms with Gasteiger partial charge >= 0.3 is 0 Å². The molecule has 112 valence electrons. The van der Waals surface area contributed by atoms with E-state index in [2.05, 4.69) is 15.4 Å². The molecule has 0 aliphatic heterocycles. The molecule has 2 rings (SSSR count). The highest BCUT2D eigenvalue weighted by Gasteiger charge is 2.09. The molecule has 0 saturated heterocycles. The summed E-state index contributed by atoms with van der Waals surface area (Å²) >= 11 is 2.92. The van der Waals surface area contributed by atoms with Crippen molar-refractivity contribution in [2.75, 3.05) is 19.0 Å². The van der Waals surface area contributed by atoms with Gasteiger partial charge in [-0.3, -0.25) is 0 Å². The van der Waals surface area contributed by atoms with E-state index in [1.54, 1.807) is 6.07 Å². The Morgan fingerprint density at radius 3 is 2.81 bits per heavy atom. The van der Waals surface area contributed by atoms with Crippen LogP contribution >= 0.6 is 23.1 Å². The number of thioether (sulfide) groups is 1. The molecule has 0 bridgehead atoms. The van der Waals surface area contributed by atoms with Gasteiger partial charge in [0.25, 0.3) is 0 Å². The SMILES string of the molecule is CN(C)c1nnc(SCc2cc(F)cc(/C(N)=N/O)c2)s1. The second-order valence-corrected chi connectivity index (χ2v) is 6.55. The Kier molecular flexibility index (Phi) is 4.97. The average molecular weight is 327 g/mol. The Morgan fingerprint density at radius 1 is 1.43 bits per heavy atom. The van der Waals surface area contributed by atoms with Crippen LogP contribution in [0.2, 0.25) is 0 Å². The lowest BCUT2D eigenvalue weighted by atomic mass is 10.1. The van der Waals surface area contributed by atoms with Crippen LogP contribution in [0.15, 0.2) is 27.7 Å². The molecule has 0 fully saturated rings. The summed E-state index contributed by atoms with van der Waals surface area (Å²) < 4.78 is 14.3. The fourth-order valence-corrected chi connectivity index (χ4v) is 3.22. The molecule has 0 radical (unpaired) electrons. The topological polar surface area (TPSA) is 87.6 Å². The third kappa shape index (κ3) is 4.05. The van der Waals surface area contributed by atoms with Gasteiger partial charge in [-0.25, -0.2) is 4.39 Å². The van der Waals surface area contributed by atoms with Gasteiger partial charge in [0.1, 0.15) is 5.82 Å². The third-order valence-electron chi connectivity index (χ3n) is 2.50. The zero-order valence-electron chi connectivity index (χ0n) is 11.4. The number of rotatable bonds is 5. The lowest BCUT2D eigenvalue weighted by Crippen LogP contribution is -2.13. The van der Waals surface area contributed by atoms with Crippen molar-refractivity contribution in [3.05, 3.63) is 35.1 Å². The van der Waals surface area contributed by atoms with E-state index >= 15 is 0 Å². The first-order valence-electron chi connectivity index (χ1n) is 5.90. The summed E-state index contributed by atoms with van der Waals surface area (Å²) in [4.78, 5) is 1.88. The maximum absolute atomic E-state index is 13.5. The maximum Gasteiger partial charge on any atom is 0.208 e. The predicted molar refractivity (Wildman–Crippen MR) is 82.7 cm³/mol. The number of hydrogen-bond acceptors (Lipinski definition) is 7. The van der Waals surface area contributed by atoms with E-state index in [4.69, 9.17) is 10.9 Å². The zero-order chi connectivity index (χ0) is 15.4. The zero-order valence-corrected chi connectivity index (χ0v) is 13.1. The normalized spacial score (nSPS) is 11.7. The fraction of sp³-hybridized carbons (Fsp3) is 0.250. The molecule has 6 nitrogen and oxygen atoms in total. The smallest absolute Gasteiger partial charge is 0.208 e. The average Bonchev–Trinajstić information content (AvgIpc) is 2.93. The highest BCUT2D eigenvalue weighted by Crippen LogP contribution is 2.29. The third-order valence-corrected chi connectivity index (χ3v) is 4.80. The lowest BCUT2D eigenvalue weighted by molar-refractivity contribution is 0.318. The Hall–Kier alpha value is -1.87. The Labute approximate surface area is 129 Å². The number of hydrogen-bond donors (Lipinski definition) is 2. The van der Waals surface area contributed by atoms with Gasteiger partial charge in [0.2, 0.25) is 5.13 Å². The van der Waals surface area contributed by atoms with Gasteiger partial charge in [-0.2, -0.15) is 0 Å². The summed E-state index contributed by atoms with van der Waals surface area (Å²) in [5.74, 6) is -0.0292. The summed E-state index contributed by atoms with van der Waals surface area (Å²) in [5.41, 5.74) is 6.55. The summed E-state index contributed by atoms with van der Waals surface area (Å²) in [5, 5.41) is 20.4. The van der Waals surface area contributed by atoms with Crippen molar-refractivity contribution in [2.24, 2.45) is 10.9 Å². The minimum absolute atomic E-state index is 0.119. The molecule has 0 spiro atoms. The van der Waals surface area contributed by atoms with Crippen LogP contribution in [0.3, 0.4) is 0 Å². The minimum atomic E-state index is -0.430. The number of halogens is 1. The molecule has 3 N–H and O–H groups in total. The van der Waals surface area contributed by atoms with E-state index in [0.29, 0.717) is 11.3 Å². The number of amidine groups is 1. The standard InChI is InChI=1S/C12H14FN5OS2/c1-18(2)11-15-16-12(21-11)20-6-7-3-8(10(14)17-19)5-9(13)4-7/h3-5,19H,6H2,1-2H3,(H2,14,17). The van der Waals surface area contributed by atoms with Crippen LogP contribution in [0.25, 0.3) is 0 Å². The number of nitrogens with two attached hydrogens (primary N) is 1. The number of oxime groups is 1. The molecule has 0 unspecified atom stereocenters. The summed E-state index contributed by atoms with van der Waals surface area (Å²) in [6, 6.07) is 4.31. The van der Waals surface area contributed by atoms with Crippen LogP contribution in [0.4, 0.5) is 9.52 Å². The summed E-state index contributed by atoms with van der Waals surface area (Å²) in [6.45, 7) is 0. The van der Waals surface area contributed by atoms with Gasteiger partial charge in [-0.1, -0.05) is 28.3 Å². The Balaban J connectivity index is 2.10.